The van der Waals surface area contributed by atoms with Gasteiger partial charge >= 0.3 is 0 Å². The van der Waals surface area contributed by atoms with Crippen LogP contribution in [0.4, 0.5) is 5.82 Å². The largest absolute Gasteiger partial charge is 0.504 e. The Kier molecular flexibility index (Phi) is 2.90. The van der Waals surface area contributed by atoms with Crippen LogP contribution in [0.2, 0.25) is 0 Å². The summed E-state index contributed by atoms with van der Waals surface area (Å²) >= 11 is 0. The highest BCUT2D eigenvalue weighted by molar-refractivity contribution is 5.76. The normalized spacial score (nSPS) is 10.7. The topological polar surface area (TPSA) is 73.3 Å². The summed E-state index contributed by atoms with van der Waals surface area (Å²) < 4.78 is 6.78. The number of benzene rings is 1. The van der Waals surface area contributed by atoms with E-state index in [1.807, 2.05) is 19.9 Å². The van der Waals surface area contributed by atoms with Crippen LogP contribution in [0.25, 0.3) is 11.3 Å². The molecule has 5 heteroatoms. The number of nitrogens with two attached hydrogens (primary N) is 1. The van der Waals surface area contributed by atoms with E-state index in [0.717, 1.165) is 11.1 Å². The minimum absolute atomic E-state index is 0.105. The monoisotopic (exact) mass is 247 g/mol. The van der Waals surface area contributed by atoms with Gasteiger partial charge in [-0.25, -0.2) is 0 Å². The second kappa shape index (κ2) is 4.25. The Hall–Kier alpha value is -2.17. The first-order valence-corrected chi connectivity index (χ1v) is 5.62. The fourth-order valence-electron chi connectivity index (χ4n) is 2.13. The minimum atomic E-state index is 0.105. The van der Waals surface area contributed by atoms with Crippen molar-refractivity contribution in [1.29, 1.82) is 0 Å². The number of aromatic hydroxyl groups is 1. The molecule has 1 aromatic carbocycles. The molecule has 0 atom stereocenters. The third kappa shape index (κ3) is 1.77. The molecule has 0 amide bonds. The van der Waals surface area contributed by atoms with Crippen molar-refractivity contribution in [2.75, 3.05) is 12.8 Å². The number of hydrogen-bond acceptors (Lipinski definition) is 4. The van der Waals surface area contributed by atoms with Gasteiger partial charge in [0.1, 0.15) is 5.82 Å². The zero-order chi connectivity index (χ0) is 13.4. The van der Waals surface area contributed by atoms with E-state index in [-0.39, 0.29) is 5.75 Å². The number of methoxy groups -OCH3 is 1. The van der Waals surface area contributed by atoms with E-state index in [1.165, 1.54) is 7.11 Å². The number of hydrogen-bond donors (Lipinski definition) is 2. The van der Waals surface area contributed by atoms with E-state index >= 15 is 0 Å². The van der Waals surface area contributed by atoms with Crippen molar-refractivity contribution in [3.63, 3.8) is 0 Å². The van der Waals surface area contributed by atoms with Crippen molar-refractivity contribution >= 4 is 5.82 Å². The van der Waals surface area contributed by atoms with Gasteiger partial charge in [0.15, 0.2) is 11.5 Å². The number of phenols is 1. The van der Waals surface area contributed by atoms with E-state index < -0.39 is 0 Å². The zero-order valence-corrected chi connectivity index (χ0v) is 11.0. The summed E-state index contributed by atoms with van der Waals surface area (Å²) in [5.74, 6) is 1.12. The average molecular weight is 247 g/mol. The predicted octanol–water partition coefficient (Wildman–Crippen LogP) is 2.00. The number of ether oxygens (including phenoxy) is 1. The molecule has 2 rings (SSSR count). The van der Waals surface area contributed by atoms with Gasteiger partial charge in [-0.05, 0) is 25.0 Å². The summed E-state index contributed by atoms with van der Waals surface area (Å²) in [6, 6.07) is 3.69. The lowest BCUT2D eigenvalue weighted by molar-refractivity contribution is 0.371. The van der Waals surface area contributed by atoms with E-state index in [1.54, 1.807) is 17.8 Å². The Bertz CT molecular complexity index is 583. The summed E-state index contributed by atoms with van der Waals surface area (Å²) in [6.07, 6.45) is 0. The molecular weight excluding hydrogens is 230 g/mol. The summed E-state index contributed by atoms with van der Waals surface area (Å²) in [4.78, 5) is 0. The van der Waals surface area contributed by atoms with Gasteiger partial charge in [0.25, 0.3) is 0 Å². The van der Waals surface area contributed by atoms with Crippen molar-refractivity contribution in [3.8, 4) is 22.8 Å². The van der Waals surface area contributed by atoms with Crippen LogP contribution in [0.15, 0.2) is 12.1 Å². The number of nitrogen functional groups attached to an aromatic ring is 1. The van der Waals surface area contributed by atoms with Crippen molar-refractivity contribution in [2.45, 2.75) is 13.8 Å². The first kappa shape index (κ1) is 12.3. The standard InChI is InChI=1S/C13H17N3O2/c1-7-5-8(2)13(18-4)12(17)11(7)9-6-10(14)16(3)15-9/h5-6,17H,14H2,1-4H3. The summed E-state index contributed by atoms with van der Waals surface area (Å²) in [5.41, 5.74) is 8.89. The van der Waals surface area contributed by atoms with Crippen molar-refractivity contribution in [2.24, 2.45) is 7.05 Å². The van der Waals surface area contributed by atoms with E-state index in [2.05, 4.69) is 5.10 Å². The lowest BCUT2D eigenvalue weighted by atomic mass is 10.0. The molecule has 18 heavy (non-hydrogen) atoms. The first-order valence-electron chi connectivity index (χ1n) is 5.62. The number of anilines is 1. The Morgan fingerprint density at radius 3 is 2.44 bits per heavy atom. The lowest BCUT2D eigenvalue weighted by Gasteiger charge is -2.13. The predicted molar refractivity (Wildman–Crippen MR) is 70.7 cm³/mol. The second-order valence-electron chi connectivity index (χ2n) is 4.35. The van der Waals surface area contributed by atoms with Crippen LogP contribution < -0.4 is 10.5 Å². The van der Waals surface area contributed by atoms with Gasteiger partial charge in [0.05, 0.1) is 18.4 Å². The van der Waals surface area contributed by atoms with Crippen LogP contribution in [0.5, 0.6) is 11.5 Å². The molecule has 0 aliphatic rings. The number of nitrogens with zero attached hydrogens (tertiary/aromatic N) is 2. The van der Waals surface area contributed by atoms with Crippen LogP contribution in [0.3, 0.4) is 0 Å². The molecule has 0 saturated carbocycles. The highest BCUT2D eigenvalue weighted by Gasteiger charge is 2.18. The third-order valence-corrected chi connectivity index (χ3v) is 3.01. The molecule has 5 nitrogen and oxygen atoms in total. The Labute approximate surface area is 106 Å². The highest BCUT2D eigenvalue weighted by Crippen LogP contribution is 2.41. The van der Waals surface area contributed by atoms with E-state index in [9.17, 15) is 5.11 Å². The molecule has 0 fully saturated rings. The van der Waals surface area contributed by atoms with Gasteiger partial charge < -0.3 is 15.6 Å². The fourth-order valence-corrected chi connectivity index (χ4v) is 2.13. The van der Waals surface area contributed by atoms with Crippen LogP contribution >= 0.6 is 0 Å². The summed E-state index contributed by atoms with van der Waals surface area (Å²) in [7, 11) is 3.30. The summed E-state index contributed by atoms with van der Waals surface area (Å²) in [5, 5.41) is 14.6. The van der Waals surface area contributed by atoms with Gasteiger partial charge in [-0.2, -0.15) is 5.10 Å². The molecule has 0 unspecified atom stereocenters. The Morgan fingerprint density at radius 2 is 1.94 bits per heavy atom. The lowest BCUT2D eigenvalue weighted by Crippen LogP contribution is -1.97. The molecule has 0 radical (unpaired) electrons. The highest BCUT2D eigenvalue weighted by atomic mass is 16.5. The number of aromatic nitrogens is 2. The molecule has 0 saturated heterocycles. The van der Waals surface area contributed by atoms with Crippen LogP contribution in [-0.4, -0.2) is 22.0 Å². The molecule has 96 valence electrons. The number of aryl methyl sites for hydroxylation is 3. The maximum atomic E-state index is 10.3. The average Bonchev–Trinajstić information content (AvgIpc) is 2.58. The second-order valence-corrected chi connectivity index (χ2v) is 4.35. The quantitative estimate of drug-likeness (QED) is 0.851. The molecule has 2 aromatic rings. The van der Waals surface area contributed by atoms with E-state index in [0.29, 0.717) is 22.8 Å². The molecular formula is C13H17N3O2. The minimum Gasteiger partial charge on any atom is -0.504 e. The fraction of sp³-hybridized carbons (Fsp3) is 0.308. The van der Waals surface area contributed by atoms with Gasteiger partial charge in [-0.3, -0.25) is 4.68 Å². The molecule has 1 aromatic heterocycles. The van der Waals surface area contributed by atoms with Crippen LogP contribution in [0.1, 0.15) is 11.1 Å². The van der Waals surface area contributed by atoms with Crippen molar-refractivity contribution in [1.82, 2.24) is 9.78 Å². The van der Waals surface area contributed by atoms with E-state index in [4.69, 9.17) is 10.5 Å². The molecule has 3 N–H and O–H groups in total. The maximum Gasteiger partial charge on any atom is 0.167 e. The molecule has 0 spiro atoms. The van der Waals surface area contributed by atoms with Gasteiger partial charge in [0, 0.05) is 13.1 Å². The Morgan fingerprint density at radius 1 is 1.28 bits per heavy atom. The maximum absolute atomic E-state index is 10.3. The van der Waals surface area contributed by atoms with Crippen LogP contribution in [-0.2, 0) is 7.05 Å². The first-order chi connectivity index (χ1) is 8.45. The zero-order valence-electron chi connectivity index (χ0n) is 11.0. The molecule has 0 bridgehead atoms. The smallest absolute Gasteiger partial charge is 0.167 e. The van der Waals surface area contributed by atoms with Gasteiger partial charge in [-0.15, -0.1) is 0 Å². The third-order valence-electron chi connectivity index (χ3n) is 3.01. The molecule has 1 heterocycles. The summed E-state index contributed by atoms with van der Waals surface area (Å²) in [6.45, 7) is 3.81. The van der Waals surface area contributed by atoms with Crippen molar-refractivity contribution in [3.05, 3.63) is 23.3 Å². The van der Waals surface area contributed by atoms with Gasteiger partial charge in [-0.1, -0.05) is 6.07 Å². The van der Waals surface area contributed by atoms with Gasteiger partial charge in [0.2, 0.25) is 0 Å². The molecule has 0 aliphatic heterocycles. The van der Waals surface area contributed by atoms with Crippen LogP contribution in [0, 0.1) is 13.8 Å². The van der Waals surface area contributed by atoms with Crippen molar-refractivity contribution < 1.29 is 9.84 Å². The number of rotatable bonds is 2. The SMILES string of the molecule is COc1c(C)cc(C)c(-c2cc(N)n(C)n2)c1O. The Balaban J connectivity index is 2.71. The molecule has 0 aliphatic carbocycles. The number of phenolic OH excluding ortho intramolecular Hbond substituents is 1.